The van der Waals surface area contributed by atoms with Crippen molar-refractivity contribution in [2.75, 3.05) is 7.11 Å². The lowest BCUT2D eigenvalue weighted by Gasteiger charge is -2.09. The molecule has 0 aliphatic carbocycles. The van der Waals surface area contributed by atoms with Crippen molar-refractivity contribution >= 4 is 11.0 Å². The number of ether oxygens (including phenoxy) is 1. The van der Waals surface area contributed by atoms with Gasteiger partial charge in [-0.1, -0.05) is 6.07 Å². The molecule has 1 heterocycles. The van der Waals surface area contributed by atoms with Crippen LogP contribution in [0.2, 0.25) is 0 Å². The summed E-state index contributed by atoms with van der Waals surface area (Å²) in [6.45, 7) is -0.145. The van der Waals surface area contributed by atoms with Gasteiger partial charge in [0.1, 0.15) is 16.9 Å². The van der Waals surface area contributed by atoms with Gasteiger partial charge in [-0.25, -0.2) is 9.36 Å². The third-order valence-electron chi connectivity index (χ3n) is 3.53. The van der Waals surface area contributed by atoms with Crippen LogP contribution in [0.1, 0.15) is 5.56 Å². The van der Waals surface area contributed by atoms with E-state index in [0.717, 1.165) is 16.7 Å². The van der Waals surface area contributed by atoms with Crippen LogP contribution in [0.5, 0.6) is 23.0 Å². The maximum atomic E-state index is 12.5. The highest BCUT2D eigenvalue weighted by Gasteiger charge is 2.15. The first-order valence-electron chi connectivity index (χ1n) is 6.86. The molecule has 0 fully saturated rings. The van der Waals surface area contributed by atoms with Crippen molar-refractivity contribution in [3.05, 3.63) is 56.8 Å². The number of phenols is 3. The summed E-state index contributed by atoms with van der Waals surface area (Å²) in [5, 5.41) is 28.6. The second-order valence-electron chi connectivity index (χ2n) is 5.10. The van der Waals surface area contributed by atoms with E-state index in [9.17, 15) is 24.9 Å². The van der Waals surface area contributed by atoms with Gasteiger partial charge in [0.15, 0.2) is 17.1 Å². The molecular formula is C16H13NO7. The van der Waals surface area contributed by atoms with Crippen molar-refractivity contribution in [1.82, 2.24) is 4.57 Å². The Morgan fingerprint density at radius 1 is 1.08 bits per heavy atom. The number of methoxy groups -OCH3 is 1. The molecule has 1 aromatic heterocycles. The molecule has 124 valence electrons. The van der Waals surface area contributed by atoms with Crippen LogP contribution < -0.4 is 16.1 Å². The summed E-state index contributed by atoms with van der Waals surface area (Å²) in [6, 6.07) is 6.42. The average Bonchev–Trinajstić information content (AvgIpc) is 2.51. The molecule has 0 radical (unpaired) electrons. The topological polar surface area (TPSA) is 122 Å². The van der Waals surface area contributed by atoms with Crippen molar-refractivity contribution in [1.29, 1.82) is 0 Å². The van der Waals surface area contributed by atoms with Crippen LogP contribution in [0.25, 0.3) is 11.0 Å². The van der Waals surface area contributed by atoms with Crippen molar-refractivity contribution in [2.24, 2.45) is 0 Å². The minimum atomic E-state index is -0.940. The van der Waals surface area contributed by atoms with Gasteiger partial charge in [0, 0.05) is 12.1 Å². The molecule has 0 aliphatic rings. The second-order valence-corrected chi connectivity index (χ2v) is 5.10. The quantitative estimate of drug-likeness (QED) is 0.657. The highest BCUT2D eigenvalue weighted by atomic mass is 16.5. The molecule has 2 aromatic carbocycles. The van der Waals surface area contributed by atoms with Crippen LogP contribution in [0.15, 0.2) is 44.3 Å². The predicted molar refractivity (Wildman–Crippen MR) is 83.8 cm³/mol. The zero-order valence-corrected chi connectivity index (χ0v) is 12.5. The van der Waals surface area contributed by atoms with Gasteiger partial charge in [0.25, 0.3) is 5.56 Å². The first-order chi connectivity index (χ1) is 11.4. The number of rotatable bonds is 3. The monoisotopic (exact) mass is 331 g/mol. The number of aromatic hydroxyl groups is 3. The highest BCUT2D eigenvalue weighted by Crippen LogP contribution is 2.27. The Bertz CT molecular complexity index is 1050. The molecule has 24 heavy (non-hydrogen) atoms. The molecule has 8 nitrogen and oxygen atoms in total. The highest BCUT2D eigenvalue weighted by molar-refractivity contribution is 5.83. The van der Waals surface area contributed by atoms with Crippen molar-refractivity contribution in [3.63, 3.8) is 0 Å². The van der Waals surface area contributed by atoms with Crippen molar-refractivity contribution < 1.29 is 24.5 Å². The van der Waals surface area contributed by atoms with E-state index in [2.05, 4.69) is 0 Å². The Hall–Kier alpha value is -3.42. The molecule has 0 atom stereocenters. The Balaban J connectivity index is 2.17. The van der Waals surface area contributed by atoms with E-state index in [4.69, 9.17) is 9.15 Å². The zero-order chi connectivity index (χ0) is 17.4. The first-order valence-corrected chi connectivity index (χ1v) is 6.86. The van der Waals surface area contributed by atoms with E-state index in [1.807, 2.05) is 0 Å². The van der Waals surface area contributed by atoms with E-state index in [0.29, 0.717) is 5.56 Å². The lowest BCUT2D eigenvalue weighted by Crippen LogP contribution is -2.32. The van der Waals surface area contributed by atoms with Crippen LogP contribution in [0.4, 0.5) is 0 Å². The molecule has 0 saturated carbocycles. The fourth-order valence-electron chi connectivity index (χ4n) is 2.39. The molecule has 0 amide bonds. The Morgan fingerprint density at radius 2 is 1.83 bits per heavy atom. The summed E-state index contributed by atoms with van der Waals surface area (Å²) in [4.78, 5) is 24.5. The second kappa shape index (κ2) is 5.65. The summed E-state index contributed by atoms with van der Waals surface area (Å²) in [6.07, 6.45) is 0. The smallest absolute Gasteiger partial charge is 0.422 e. The molecular weight excluding hydrogens is 318 g/mol. The average molecular weight is 331 g/mol. The maximum absolute atomic E-state index is 12.5. The van der Waals surface area contributed by atoms with Crippen molar-refractivity contribution in [2.45, 2.75) is 6.54 Å². The summed E-state index contributed by atoms with van der Waals surface area (Å²) < 4.78 is 10.8. The minimum absolute atomic E-state index is 0.0766. The molecule has 3 N–H and O–H groups in total. The Kier molecular flexibility index (Phi) is 3.64. The lowest BCUT2D eigenvalue weighted by molar-refractivity contribution is 0.372. The summed E-state index contributed by atoms with van der Waals surface area (Å²) in [5.41, 5.74) is -0.454. The van der Waals surface area contributed by atoms with E-state index in [1.54, 1.807) is 0 Å². The fourth-order valence-corrected chi connectivity index (χ4v) is 2.39. The van der Waals surface area contributed by atoms with Crippen LogP contribution in [0.3, 0.4) is 0 Å². The van der Waals surface area contributed by atoms with E-state index >= 15 is 0 Å². The number of benzene rings is 2. The minimum Gasteiger partial charge on any atom is -0.508 e. The number of aromatic nitrogens is 1. The Labute approximate surface area is 134 Å². The normalized spacial score (nSPS) is 10.9. The first kappa shape index (κ1) is 15.5. The molecule has 0 saturated heterocycles. The molecule has 3 aromatic rings. The standard InChI is InChI=1S/C16H13NO7/c1-23-12-4-8(2-3-10(12)19)7-17-15(21)14-11(20)5-9(18)6-13(14)24-16(17)22/h2-6,18-20H,7H2,1H3. The van der Waals surface area contributed by atoms with Gasteiger partial charge in [-0.3, -0.25) is 4.79 Å². The van der Waals surface area contributed by atoms with E-state index in [-0.39, 0.29) is 34.8 Å². The van der Waals surface area contributed by atoms with Gasteiger partial charge in [0.2, 0.25) is 0 Å². The summed E-state index contributed by atoms with van der Waals surface area (Å²) >= 11 is 0. The molecule has 0 aliphatic heterocycles. The predicted octanol–water partition coefficient (Wildman–Crippen LogP) is 1.13. The third-order valence-corrected chi connectivity index (χ3v) is 3.53. The number of phenolic OH excluding ortho intramolecular Hbond substituents is 3. The molecule has 0 unspecified atom stereocenters. The van der Waals surface area contributed by atoms with Gasteiger partial charge in [-0.15, -0.1) is 0 Å². The molecule has 3 rings (SSSR count). The van der Waals surface area contributed by atoms with E-state index in [1.165, 1.54) is 25.3 Å². The summed E-state index contributed by atoms with van der Waals surface area (Å²) in [5.74, 6) is -1.64. The van der Waals surface area contributed by atoms with Crippen LogP contribution in [-0.2, 0) is 6.54 Å². The molecule has 8 heteroatoms. The number of hydrogen-bond donors (Lipinski definition) is 3. The van der Waals surface area contributed by atoms with Crippen LogP contribution in [-0.4, -0.2) is 27.0 Å². The van der Waals surface area contributed by atoms with Gasteiger partial charge in [-0.2, -0.15) is 0 Å². The van der Waals surface area contributed by atoms with Gasteiger partial charge in [-0.05, 0) is 17.7 Å². The van der Waals surface area contributed by atoms with Crippen LogP contribution in [0, 0.1) is 0 Å². The third kappa shape index (κ3) is 2.54. The number of nitrogens with zero attached hydrogens (tertiary/aromatic N) is 1. The number of hydrogen-bond acceptors (Lipinski definition) is 7. The maximum Gasteiger partial charge on any atom is 0.422 e. The molecule has 0 bridgehead atoms. The zero-order valence-electron chi connectivity index (χ0n) is 12.5. The number of fused-ring (bicyclic) bond motifs is 1. The van der Waals surface area contributed by atoms with Crippen molar-refractivity contribution in [3.8, 4) is 23.0 Å². The largest absolute Gasteiger partial charge is 0.508 e. The Morgan fingerprint density at radius 3 is 2.54 bits per heavy atom. The van der Waals surface area contributed by atoms with Gasteiger partial charge < -0.3 is 24.5 Å². The van der Waals surface area contributed by atoms with Gasteiger partial charge in [0.05, 0.1) is 13.7 Å². The fraction of sp³-hybridized carbons (Fsp3) is 0.125. The SMILES string of the molecule is COc1cc(Cn2c(=O)oc3cc(O)cc(O)c3c2=O)ccc1O. The molecule has 0 spiro atoms. The van der Waals surface area contributed by atoms with E-state index < -0.39 is 17.1 Å². The van der Waals surface area contributed by atoms with Gasteiger partial charge >= 0.3 is 5.76 Å². The lowest BCUT2D eigenvalue weighted by atomic mass is 10.2. The summed E-state index contributed by atoms with van der Waals surface area (Å²) in [7, 11) is 1.37. The van der Waals surface area contributed by atoms with Crippen LogP contribution >= 0.6 is 0 Å².